The van der Waals surface area contributed by atoms with Gasteiger partial charge in [-0.1, -0.05) is 12.1 Å². The highest BCUT2D eigenvalue weighted by Crippen LogP contribution is 2.24. The molecule has 1 aromatic carbocycles. The monoisotopic (exact) mass is 343 g/mol. The zero-order valence-electron chi connectivity index (χ0n) is 14.1. The quantitative estimate of drug-likeness (QED) is 0.649. The number of benzene rings is 1. The number of nitro benzene ring substituents is 1. The van der Waals surface area contributed by atoms with Crippen LogP contribution in [0.2, 0.25) is 0 Å². The van der Waals surface area contributed by atoms with Gasteiger partial charge in [0.25, 0.3) is 5.69 Å². The second kappa shape index (κ2) is 7.54. The summed E-state index contributed by atoms with van der Waals surface area (Å²) in [5.74, 6) is 1.33. The number of aromatic nitrogens is 2. The Morgan fingerprint density at radius 1 is 1.20 bits per heavy atom. The molecule has 2 aromatic rings. The SMILES string of the molecule is Cc1cc(N2CCN(CCO)CC2)nc(-c2cccc([N+](=O)[O-])c2)n1. The van der Waals surface area contributed by atoms with Gasteiger partial charge in [-0.2, -0.15) is 0 Å². The number of aliphatic hydroxyl groups excluding tert-OH is 1. The Balaban J connectivity index is 1.84. The van der Waals surface area contributed by atoms with Gasteiger partial charge in [-0.3, -0.25) is 15.0 Å². The third-order valence-corrected chi connectivity index (χ3v) is 4.27. The molecule has 1 N–H and O–H groups in total. The van der Waals surface area contributed by atoms with E-state index in [1.807, 2.05) is 13.0 Å². The zero-order chi connectivity index (χ0) is 17.8. The molecular formula is C17H21N5O3. The van der Waals surface area contributed by atoms with Crippen LogP contribution in [0.3, 0.4) is 0 Å². The molecule has 1 aliphatic rings. The van der Waals surface area contributed by atoms with Crippen molar-refractivity contribution < 1.29 is 10.0 Å². The number of non-ortho nitro benzene ring substituents is 1. The first-order valence-electron chi connectivity index (χ1n) is 8.25. The third-order valence-electron chi connectivity index (χ3n) is 4.27. The summed E-state index contributed by atoms with van der Waals surface area (Å²) in [5, 5.41) is 20.0. The number of β-amino-alcohol motifs (C(OH)–C–C–N with tert-alkyl or cyclic N) is 1. The van der Waals surface area contributed by atoms with E-state index in [4.69, 9.17) is 5.11 Å². The predicted octanol–water partition coefficient (Wildman–Crippen LogP) is 1.47. The highest BCUT2D eigenvalue weighted by Gasteiger charge is 2.19. The van der Waals surface area contributed by atoms with Crippen molar-refractivity contribution in [1.82, 2.24) is 14.9 Å². The van der Waals surface area contributed by atoms with Crippen LogP contribution >= 0.6 is 0 Å². The lowest BCUT2D eigenvalue weighted by Gasteiger charge is -2.35. The molecule has 0 amide bonds. The maximum atomic E-state index is 11.0. The Morgan fingerprint density at radius 3 is 2.64 bits per heavy atom. The lowest BCUT2D eigenvalue weighted by atomic mass is 10.2. The van der Waals surface area contributed by atoms with E-state index in [9.17, 15) is 10.1 Å². The number of rotatable bonds is 5. The number of anilines is 1. The van der Waals surface area contributed by atoms with Gasteiger partial charge in [0.05, 0.1) is 11.5 Å². The van der Waals surface area contributed by atoms with E-state index >= 15 is 0 Å². The fourth-order valence-corrected chi connectivity index (χ4v) is 2.94. The Hall–Kier alpha value is -2.58. The van der Waals surface area contributed by atoms with Gasteiger partial charge >= 0.3 is 0 Å². The van der Waals surface area contributed by atoms with E-state index in [1.54, 1.807) is 12.1 Å². The minimum Gasteiger partial charge on any atom is -0.395 e. The molecule has 1 aliphatic heterocycles. The fourth-order valence-electron chi connectivity index (χ4n) is 2.94. The van der Waals surface area contributed by atoms with Crippen molar-refractivity contribution in [2.45, 2.75) is 6.92 Å². The number of hydrogen-bond acceptors (Lipinski definition) is 7. The Labute approximate surface area is 145 Å². The van der Waals surface area contributed by atoms with E-state index < -0.39 is 4.92 Å². The van der Waals surface area contributed by atoms with Crippen LogP contribution < -0.4 is 4.90 Å². The second-order valence-corrected chi connectivity index (χ2v) is 6.05. The molecule has 0 bridgehead atoms. The third kappa shape index (κ3) is 4.09. The summed E-state index contributed by atoms with van der Waals surface area (Å²) in [6, 6.07) is 8.32. The minimum absolute atomic E-state index is 0.0294. The summed E-state index contributed by atoms with van der Waals surface area (Å²) in [5.41, 5.74) is 1.49. The predicted molar refractivity (Wildman–Crippen MR) is 94.6 cm³/mol. The molecule has 1 aromatic heterocycles. The van der Waals surface area contributed by atoms with Gasteiger partial charge in [0, 0.05) is 62.2 Å². The summed E-state index contributed by atoms with van der Waals surface area (Å²) in [7, 11) is 0. The van der Waals surface area contributed by atoms with Crippen LogP contribution in [0.25, 0.3) is 11.4 Å². The van der Waals surface area contributed by atoms with Gasteiger partial charge in [-0.15, -0.1) is 0 Å². The molecule has 3 rings (SSSR count). The van der Waals surface area contributed by atoms with E-state index in [0.717, 1.165) is 37.7 Å². The van der Waals surface area contributed by atoms with Gasteiger partial charge in [0.1, 0.15) is 5.82 Å². The minimum atomic E-state index is -0.416. The highest BCUT2D eigenvalue weighted by molar-refractivity contribution is 5.61. The smallest absolute Gasteiger partial charge is 0.270 e. The average molecular weight is 343 g/mol. The molecular weight excluding hydrogens is 322 g/mol. The Morgan fingerprint density at radius 2 is 1.96 bits per heavy atom. The fraction of sp³-hybridized carbons (Fsp3) is 0.412. The Bertz CT molecular complexity index is 760. The van der Waals surface area contributed by atoms with E-state index in [1.165, 1.54) is 12.1 Å². The van der Waals surface area contributed by atoms with Gasteiger partial charge in [-0.05, 0) is 6.92 Å². The zero-order valence-corrected chi connectivity index (χ0v) is 14.1. The van der Waals surface area contributed by atoms with Crippen molar-refractivity contribution >= 4 is 11.5 Å². The lowest BCUT2D eigenvalue weighted by molar-refractivity contribution is -0.384. The number of aryl methyl sites for hydroxylation is 1. The first-order chi connectivity index (χ1) is 12.1. The average Bonchev–Trinajstić information content (AvgIpc) is 2.62. The van der Waals surface area contributed by atoms with Crippen molar-refractivity contribution in [3.63, 3.8) is 0 Å². The van der Waals surface area contributed by atoms with E-state index in [-0.39, 0.29) is 12.3 Å². The molecule has 25 heavy (non-hydrogen) atoms. The van der Waals surface area contributed by atoms with Gasteiger partial charge in [0.2, 0.25) is 0 Å². The second-order valence-electron chi connectivity index (χ2n) is 6.05. The van der Waals surface area contributed by atoms with Crippen LogP contribution in [0.5, 0.6) is 0 Å². The normalized spacial score (nSPS) is 15.4. The van der Waals surface area contributed by atoms with Crippen LogP contribution in [-0.4, -0.2) is 64.2 Å². The molecule has 0 saturated carbocycles. The molecule has 8 nitrogen and oxygen atoms in total. The van der Waals surface area contributed by atoms with Crippen LogP contribution in [-0.2, 0) is 0 Å². The lowest BCUT2D eigenvalue weighted by Crippen LogP contribution is -2.47. The summed E-state index contributed by atoms with van der Waals surface area (Å²) in [4.78, 5) is 24.0. The maximum Gasteiger partial charge on any atom is 0.270 e. The van der Waals surface area contributed by atoms with Gasteiger partial charge in [-0.25, -0.2) is 9.97 Å². The molecule has 0 spiro atoms. The van der Waals surface area contributed by atoms with Crippen molar-refractivity contribution in [1.29, 1.82) is 0 Å². The number of nitro groups is 1. The first kappa shape index (κ1) is 17.2. The van der Waals surface area contributed by atoms with Crippen LogP contribution in [0.1, 0.15) is 5.69 Å². The molecule has 0 radical (unpaired) electrons. The van der Waals surface area contributed by atoms with Gasteiger partial charge < -0.3 is 10.0 Å². The van der Waals surface area contributed by atoms with Crippen LogP contribution in [0, 0.1) is 17.0 Å². The van der Waals surface area contributed by atoms with Gasteiger partial charge in [0.15, 0.2) is 5.82 Å². The summed E-state index contributed by atoms with van der Waals surface area (Å²) in [6.07, 6.45) is 0. The molecule has 8 heteroatoms. The number of aliphatic hydroxyl groups is 1. The molecule has 0 aliphatic carbocycles. The number of nitrogens with zero attached hydrogens (tertiary/aromatic N) is 5. The highest BCUT2D eigenvalue weighted by atomic mass is 16.6. The molecule has 0 atom stereocenters. The topological polar surface area (TPSA) is 95.6 Å². The first-order valence-corrected chi connectivity index (χ1v) is 8.25. The van der Waals surface area contributed by atoms with Crippen LogP contribution in [0.15, 0.2) is 30.3 Å². The largest absolute Gasteiger partial charge is 0.395 e. The summed E-state index contributed by atoms with van der Waals surface area (Å²) >= 11 is 0. The van der Waals surface area contributed by atoms with Crippen molar-refractivity contribution in [2.75, 3.05) is 44.2 Å². The Kier molecular flexibility index (Phi) is 5.20. The maximum absolute atomic E-state index is 11.0. The van der Waals surface area contributed by atoms with E-state index in [0.29, 0.717) is 17.9 Å². The summed E-state index contributed by atoms with van der Waals surface area (Å²) in [6.45, 7) is 6.15. The molecule has 132 valence electrons. The van der Waals surface area contributed by atoms with Crippen molar-refractivity contribution in [2.24, 2.45) is 0 Å². The molecule has 2 heterocycles. The standard InChI is InChI=1S/C17H21N5O3/c1-13-11-16(21-7-5-20(6-8-21)9-10-23)19-17(18-13)14-3-2-4-15(12-14)22(24)25/h2-4,11-12,23H,5-10H2,1H3. The van der Waals surface area contributed by atoms with Crippen LogP contribution in [0.4, 0.5) is 11.5 Å². The van der Waals surface area contributed by atoms with Crippen molar-refractivity contribution in [3.8, 4) is 11.4 Å². The molecule has 0 unspecified atom stereocenters. The molecule has 1 saturated heterocycles. The summed E-state index contributed by atoms with van der Waals surface area (Å²) < 4.78 is 0. The number of hydrogen-bond donors (Lipinski definition) is 1. The molecule has 1 fully saturated rings. The van der Waals surface area contributed by atoms with Crippen molar-refractivity contribution in [3.05, 3.63) is 46.1 Å². The number of piperazine rings is 1. The van der Waals surface area contributed by atoms with E-state index in [2.05, 4.69) is 19.8 Å².